The first-order chi connectivity index (χ1) is 11.5. The first-order valence-corrected chi connectivity index (χ1v) is 8.35. The lowest BCUT2D eigenvalue weighted by molar-refractivity contribution is 0.0702. The normalized spacial score (nSPS) is 10.9. The van der Waals surface area contributed by atoms with Crippen LogP contribution < -0.4 is 10.5 Å². The fraction of sp³-hybridized carbons (Fsp3) is 0.235. The van der Waals surface area contributed by atoms with E-state index in [2.05, 4.69) is 16.9 Å². The maximum absolute atomic E-state index is 11.2. The van der Waals surface area contributed by atoms with E-state index in [9.17, 15) is 9.90 Å². The number of benzene rings is 1. The summed E-state index contributed by atoms with van der Waals surface area (Å²) < 4.78 is 5.64. The number of anilines is 1. The Morgan fingerprint density at radius 1 is 1.33 bits per heavy atom. The number of rotatable bonds is 5. The molecule has 2 heterocycles. The van der Waals surface area contributed by atoms with Crippen molar-refractivity contribution in [3.05, 3.63) is 34.7 Å². The Balaban J connectivity index is 2.13. The van der Waals surface area contributed by atoms with Crippen molar-refractivity contribution in [2.24, 2.45) is 0 Å². The van der Waals surface area contributed by atoms with Crippen LogP contribution in [0, 0.1) is 6.92 Å². The fourth-order valence-corrected chi connectivity index (χ4v) is 3.34. The van der Waals surface area contributed by atoms with Gasteiger partial charge in [0.25, 0.3) is 0 Å². The van der Waals surface area contributed by atoms with Gasteiger partial charge in [-0.3, -0.25) is 0 Å². The van der Waals surface area contributed by atoms with E-state index in [0.717, 1.165) is 34.6 Å². The molecule has 0 atom stereocenters. The van der Waals surface area contributed by atoms with Crippen LogP contribution in [0.2, 0.25) is 0 Å². The molecule has 0 unspecified atom stereocenters. The van der Waals surface area contributed by atoms with Gasteiger partial charge in [0, 0.05) is 10.9 Å². The van der Waals surface area contributed by atoms with Crippen molar-refractivity contribution in [1.29, 1.82) is 0 Å². The number of nitrogens with two attached hydrogens (primary N) is 1. The van der Waals surface area contributed by atoms with Gasteiger partial charge < -0.3 is 15.6 Å². The highest BCUT2D eigenvalue weighted by molar-refractivity contribution is 7.20. The molecule has 3 rings (SSSR count). The minimum atomic E-state index is -0.984. The number of ether oxygens (including phenoxy) is 1. The topological polar surface area (TPSA) is 98.3 Å². The van der Waals surface area contributed by atoms with Crippen molar-refractivity contribution in [3.63, 3.8) is 0 Å². The number of thiophene rings is 1. The van der Waals surface area contributed by atoms with Crippen molar-refractivity contribution in [1.82, 2.24) is 9.97 Å². The van der Waals surface area contributed by atoms with Gasteiger partial charge in [0.15, 0.2) is 0 Å². The summed E-state index contributed by atoms with van der Waals surface area (Å²) in [4.78, 5) is 20.5. The van der Waals surface area contributed by atoms with Gasteiger partial charge in [-0.2, -0.15) is 0 Å². The van der Waals surface area contributed by atoms with Crippen LogP contribution in [0.5, 0.6) is 5.75 Å². The molecule has 0 bridgehead atoms. The van der Waals surface area contributed by atoms with Gasteiger partial charge in [-0.15, -0.1) is 11.3 Å². The number of nitrogen functional groups attached to an aromatic ring is 1. The van der Waals surface area contributed by atoms with E-state index in [-0.39, 0.29) is 10.8 Å². The average Bonchev–Trinajstić information content (AvgIpc) is 2.96. The number of hydrogen-bond donors (Lipinski definition) is 2. The van der Waals surface area contributed by atoms with E-state index in [0.29, 0.717) is 22.5 Å². The number of carbonyl (C=O) groups is 1. The molecule has 2 aromatic heterocycles. The first-order valence-electron chi connectivity index (χ1n) is 7.53. The lowest BCUT2D eigenvalue weighted by Gasteiger charge is -2.10. The summed E-state index contributed by atoms with van der Waals surface area (Å²) >= 11 is 1.09. The van der Waals surface area contributed by atoms with Gasteiger partial charge in [-0.1, -0.05) is 6.92 Å². The Labute approximate surface area is 142 Å². The summed E-state index contributed by atoms with van der Waals surface area (Å²) in [6, 6.07) is 7.34. The molecule has 0 radical (unpaired) electrons. The third-order valence-corrected chi connectivity index (χ3v) is 4.56. The summed E-state index contributed by atoms with van der Waals surface area (Å²) in [6.07, 6.45) is 0.941. The molecule has 0 aliphatic carbocycles. The lowest BCUT2D eigenvalue weighted by atomic mass is 10.0. The molecule has 1 aromatic carbocycles. The van der Waals surface area contributed by atoms with Gasteiger partial charge in [0.2, 0.25) is 5.95 Å². The largest absolute Gasteiger partial charge is 0.494 e. The number of aryl methyl sites for hydroxylation is 1. The van der Waals surface area contributed by atoms with E-state index < -0.39 is 5.97 Å². The van der Waals surface area contributed by atoms with Crippen LogP contribution in [0.3, 0.4) is 0 Å². The number of fused-ring (bicyclic) bond motifs is 1. The Bertz CT molecular complexity index is 921. The highest BCUT2D eigenvalue weighted by atomic mass is 32.1. The van der Waals surface area contributed by atoms with Crippen LogP contribution in [-0.4, -0.2) is 27.7 Å². The number of aromatic carboxylic acids is 1. The van der Waals surface area contributed by atoms with Gasteiger partial charge in [-0.25, -0.2) is 14.8 Å². The zero-order chi connectivity index (χ0) is 17.3. The smallest absolute Gasteiger partial charge is 0.345 e. The second-order valence-corrected chi connectivity index (χ2v) is 6.42. The summed E-state index contributed by atoms with van der Waals surface area (Å²) in [5.74, 6) is -0.0579. The van der Waals surface area contributed by atoms with Crippen molar-refractivity contribution in [3.8, 4) is 17.0 Å². The number of carboxylic acid groups (broad SMARTS) is 1. The molecule has 7 heteroatoms. The van der Waals surface area contributed by atoms with Gasteiger partial charge in [0.1, 0.15) is 15.5 Å². The van der Waals surface area contributed by atoms with Crippen LogP contribution in [-0.2, 0) is 0 Å². The monoisotopic (exact) mass is 343 g/mol. The summed E-state index contributed by atoms with van der Waals surface area (Å²) in [7, 11) is 0. The predicted molar refractivity (Wildman–Crippen MR) is 94.7 cm³/mol. The number of hydrogen-bond acceptors (Lipinski definition) is 6. The summed E-state index contributed by atoms with van der Waals surface area (Å²) in [5, 5.41) is 9.90. The van der Waals surface area contributed by atoms with Crippen LogP contribution in [0.1, 0.15) is 28.6 Å². The minimum absolute atomic E-state index is 0.127. The molecular formula is C17H17N3O3S. The third kappa shape index (κ3) is 3.03. The van der Waals surface area contributed by atoms with Crippen molar-refractivity contribution in [2.45, 2.75) is 20.3 Å². The highest BCUT2D eigenvalue weighted by Crippen LogP contribution is 2.35. The molecule has 0 fully saturated rings. The summed E-state index contributed by atoms with van der Waals surface area (Å²) in [5.41, 5.74) is 8.31. The molecule has 6 nitrogen and oxygen atoms in total. The molecule has 24 heavy (non-hydrogen) atoms. The van der Waals surface area contributed by atoms with E-state index >= 15 is 0 Å². The molecule has 0 aliphatic heterocycles. The third-order valence-electron chi connectivity index (χ3n) is 3.55. The zero-order valence-electron chi connectivity index (χ0n) is 13.4. The minimum Gasteiger partial charge on any atom is -0.494 e. The second kappa shape index (κ2) is 6.45. The van der Waals surface area contributed by atoms with Crippen molar-refractivity contribution in [2.75, 3.05) is 12.3 Å². The Hall–Kier alpha value is -2.67. The van der Waals surface area contributed by atoms with Crippen molar-refractivity contribution < 1.29 is 14.6 Å². The second-order valence-electron chi connectivity index (χ2n) is 5.39. The number of carboxylic acids is 1. The van der Waals surface area contributed by atoms with E-state index in [1.807, 2.05) is 25.1 Å². The molecule has 3 aromatic rings. The molecule has 0 aliphatic rings. The van der Waals surface area contributed by atoms with E-state index in [1.54, 1.807) is 6.07 Å². The molecule has 3 N–H and O–H groups in total. The SMILES string of the molecule is CCCOc1ccc(-c2nc(N)nc3sc(C(=O)O)cc23)c(C)c1. The Morgan fingerprint density at radius 2 is 2.12 bits per heavy atom. The lowest BCUT2D eigenvalue weighted by Crippen LogP contribution is -1.99. The van der Waals surface area contributed by atoms with E-state index in [4.69, 9.17) is 10.5 Å². The molecule has 124 valence electrons. The number of nitrogens with zero attached hydrogens (tertiary/aromatic N) is 2. The van der Waals surface area contributed by atoms with Crippen LogP contribution in [0.15, 0.2) is 24.3 Å². The van der Waals surface area contributed by atoms with Crippen LogP contribution >= 0.6 is 11.3 Å². The maximum Gasteiger partial charge on any atom is 0.345 e. The average molecular weight is 343 g/mol. The van der Waals surface area contributed by atoms with E-state index in [1.165, 1.54) is 0 Å². The van der Waals surface area contributed by atoms with Crippen molar-refractivity contribution >= 4 is 33.5 Å². The maximum atomic E-state index is 11.2. The molecular weight excluding hydrogens is 326 g/mol. The zero-order valence-corrected chi connectivity index (χ0v) is 14.2. The Morgan fingerprint density at radius 3 is 2.79 bits per heavy atom. The molecule has 0 spiro atoms. The van der Waals surface area contributed by atoms with Crippen LogP contribution in [0.4, 0.5) is 5.95 Å². The molecule has 0 saturated carbocycles. The molecule has 0 saturated heterocycles. The van der Waals surface area contributed by atoms with Crippen LogP contribution in [0.25, 0.3) is 21.5 Å². The summed E-state index contributed by atoms with van der Waals surface area (Å²) in [6.45, 7) is 4.68. The van der Waals surface area contributed by atoms with Gasteiger partial charge >= 0.3 is 5.97 Å². The molecule has 0 amide bonds. The van der Waals surface area contributed by atoms with Gasteiger partial charge in [0.05, 0.1) is 12.3 Å². The standard InChI is InChI=1S/C17H17N3O3S/c1-3-6-23-10-4-5-11(9(2)7-10)14-12-8-13(16(21)22)24-15(12)20-17(18)19-14/h4-5,7-8H,3,6H2,1-2H3,(H,21,22)(H2,18,19,20). The predicted octanol–water partition coefficient (Wildman–Crippen LogP) is 3.74. The quantitative estimate of drug-likeness (QED) is 0.732. The van der Waals surface area contributed by atoms with Gasteiger partial charge in [-0.05, 0) is 43.2 Å². The number of aromatic nitrogens is 2. The fourth-order valence-electron chi connectivity index (χ4n) is 2.46. The highest BCUT2D eigenvalue weighted by Gasteiger charge is 2.17. The first kappa shape index (κ1) is 16.2. The Kier molecular flexibility index (Phi) is 4.35.